The Balaban J connectivity index is 1.76. The van der Waals surface area contributed by atoms with Crippen LogP contribution in [0.4, 0.5) is 4.39 Å². The molecular formula is C16H16ClFN2S. The number of hydrogen-bond acceptors (Lipinski definition) is 3. The van der Waals surface area contributed by atoms with E-state index in [0.717, 1.165) is 12.0 Å². The zero-order valence-electron chi connectivity index (χ0n) is 11.4. The molecule has 0 fully saturated rings. The Labute approximate surface area is 132 Å². The van der Waals surface area contributed by atoms with Gasteiger partial charge in [0.15, 0.2) is 0 Å². The number of rotatable bonds is 4. The van der Waals surface area contributed by atoms with Crippen LogP contribution in [0.2, 0.25) is 5.02 Å². The summed E-state index contributed by atoms with van der Waals surface area (Å²) in [5.41, 5.74) is 5.01. The van der Waals surface area contributed by atoms with Crippen molar-refractivity contribution in [3.8, 4) is 0 Å². The van der Waals surface area contributed by atoms with Gasteiger partial charge in [0.25, 0.3) is 0 Å². The van der Waals surface area contributed by atoms with Gasteiger partial charge in [0.2, 0.25) is 0 Å². The van der Waals surface area contributed by atoms with Gasteiger partial charge in [-0.2, -0.15) is 0 Å². The lowest BCUT2D eigenvalue weighted by Gasteiger charge is -2.22. The average Bonchev–Trinajstić information content (AvgIpc) is 2.91. The number of hydrogen-bond donors (Lipinski definition) is 2. The summed E-state index contributed by atoms with van der Waals surface area (Å²) in [5, 5.41) is 0.906. The molecule has 0 radical (unpaired) electrons. The van der Waals surface area contributed by atoms with Crippen molar-refractivity contribution in [2.75, 3.05) is 0 Å². The average molecular weight is 323 g/mol. The number of halogens is 2. The van der Waals surface area contributed by atoms with Gasteiger partial charge in [-0.1, -0.05) is 29.8 Å². The van der Waals surface area contributed by atoms with Crippen molar-refractivity contribution in [3.05, 3.63) is 64.4 Å². The van der Waals surface area contributed by atoms with Crippen molar-refractivity contribution in [1.82, 2.24) is 5.43 Å². The monoisotopic (exact) mass is 322 g/mol. The Bertz CT molecular complexity index is 625. The Hall–Kier alpha value is -1.07. The fraction of sp³-hybridized carbons (Fsp3) is 0.250. The maximum Gasteiger partial charge on any atom is 0.123 e. The molecule has 0 saturated heterocycles. The van der Waals surface area contributed by atoms with Crippen molar-refractivity contribution >= 4 is 23.4 Å². The molecule has 0 saturated carbocycles. The van der Waals surface area contributed by atoms with Crippen molar-refractivity contribution in [2.24, 2.45) is 5.84 Å². The molecule has 110 valence electrons. The van der Waals surface area contributed by atoms with E-state index >= 15 is 0 Å². The first-order valence-electron chi connectivity index (χ1n) is 6.82. The maximum atomic E-state index is 13.4. The fourth-order valence-electron chi connectivity index (χ4n) is 2.67. The number of nitrogens with one attached hydrogen (secondary N) is 1. The van der Waals surface area contributed by atoms with Gasteiger partial charge in [-0.05, 0) is 48.2 Å². The third kappa shape index (κ3) is 3.24. The van der Waals surface area contributed by atoms with Gasteiger partial charge in [-0.15, -0.1) is 11.8 Å². The van der Waals surface area contributed by atoms with E-state index in [1.165, 1.54) is 22.6 Å². The summed E-state index contributed by atoms with van der Waals surface area (Å²) in [6.07, 6.45) is 1.57. The molecule has 0 aliphatic carbocycles. The molecule has 1 aliphatic heterocycles. The van der Waals surface area contributed by atoms with Crippen molar-refractivity contribution in [2.45, 2.75) is 29.0 Å². The summed E-state index contributed by atoms with van der Waals surface area (Å²) < 4.78 is 13.4. The van der Waals surface area contributed by atoms with E-state index in [0.29, 0.717) is 16.7 Å². The third-order valence-electron chi connectivity index (χ3n) is 3.78. The van der Waals surface area contributed by atoms with E-state index in [9.17, 15) is 4.39 Å². The van der Waals surface area contributed by atoms with Crippen LogP contribution in [0.3, 0.4) is 0 Å². The molecule has 3 rings (SSSR count). The first kappa shape index (κ1) is 14.9. The van der Waals surface area contributed by atoms with Crippen LogP contribution >= 0.6 is 23.4 Å². The molecule has 0 aromatic heterocycles. The van der Waals surface area contributed by atoms with Gasteiger partial charge in [0, 0.05) is 21.2 Å². The van der Waals surface area contributed by atoms with Gasteiger partial charge >= 0.3 is 0 Å². The van der Waals surface area contributed by atoms with Crippen LogP contribution in [-0.2, 0) is 12.8 Å². The molecule has 3 N–H and O–H groups in total. The number of benzene rings is 2. The summed E-state index contributed by atoms with van der Waals surface area (Å²) in [7, 11) is 0. The second-order valence-corrected chi connectivity index (χ2v) is 6.87. The Morgan fingerprint density at radius 3 is 2.90 bits per heavy atom. The van der Waals surface area contributed by atoms with Crippen molar-refractivity contribution in [3.63, 3.8) is 0 Å². The van der Waals surface area contributed by atoms with E-state index in [1.807, 2.05) is 17.8 Å². The van der Waals surface area contributed by atoms with Crippen molar-refractivity contribution < 1.29 is 4.39 Å². The Morgan fingerprint density at radius 2 is 2.14 bits per heavy atom. The summed E-state index contributed by atoms with van der Waals surface area (Å²) in [6, 6.07) is 12.9. The molecule has 2 nitrogen and oxygen atoms in total. The predicted molar refractivity (Wildman–Crippen MR) is 86.0 cm³/mol. The number of hydrazine groups is 1. The van der Waals surface area contributed by atoms with Gasteiger partial charge < -0.3 is 0 Å². The molecule has 5 heteroatoms. The molecular weight excluding hydrogens is 307 g/mol. The molecule has 1 heterocycles. The second-order valence-electron chi connectivity index (χ2n) is 5.18. The zero-order valence-corrected chi connectivity index (χ0v) is 12.9. The molecule has 21 heavy (non-hydrogen) atoms. The second kappa shape index (κ2) is 6.36. The minimum atomic E-state index is -0.271. The van der Waals surface area contributed by atoms with E-state index in [2.05, 4.69) is 23.6 Å². The number of fused-ring (bicyclic) bond motifs is 1. The van der Waals surface area contributed by atoms with Crippen LogP contribution in [0.15, 0.2) is 47.4 Å². The van der Waals surface area contributed by atoms with Crippen LogP contribution in [0.25, 0.3) is 0 Å². The highest BCUT2D eigenvalue weighted by atomic mass is 35.5. The normalized spacial score (nSPS) is 18.5. The highest BCUT2D eigenvalue weighted by Crippen LogP contribution is 2.39. The minimum absolute atomic E-state index is 0.0432. The smallest absolute Gasteiger partial charge is 0.123 e. The molecule has 0 amide bonds. The van der Waals surface area contributed by atoms with Crippen molar-refractivity contribution in [1.29, 1.82) is 0 Å². The SMILES string of the molecule is NNC(Cc1cc(F)ccc1Cl)C1Cc2ccccc2S1. The zero-order chi connectivity index (χ0) is 14.8. The first-order valence-corrected chi connectivity index (χ1v) is 8.08. The van der Waals surface area contributed by atoms with E-state index < -0.39 is 0 Å². The molecule has 1 aliphatic rings. The van der Waals surface area contributed by atoms with E-state index in [4.69, 9.17) is 17.4 Å². The van der Waals surface area contributed by atoms with Crippen LogP contribution in [0.5, 0.6) is 0 Å². The molecule has 2 aromatic carbocycles. The third-order valence-corrected chi connectivity index (χ3v) is 5.60. The summed E-state index contributed by atoms with van der Waals surface area (Å²) in [6.45, 7) is 0. The number of nitrogens with two attached hydrogens (primary N) is 1. The van der Waals surface area contributed by atoms with Gasteiger partial charge in [-0.3, -0.25) is 11.3 Å². The predicted octanol–water partition coefficient (Wildman–Crippen LogP) is 3.57. The largest absolute Gasteiger partial charge is 0.271 e. The minimum Gasteiger partial charge on any atom is -0.271 e. The lowest BCUT2D eigenvalue weighted by molar-refractivity contribution is 0.505. The lowest BCUT2D eigenvalue weighted by atomic mass is 9.99. The van der Waals surface area contributed by atoms with Gasteiger partial charge in [-0.25, -0.2) is 4.39 Å². The highest BCUT2D eigenvalue weighted by molar-refractivity contribution is 8.00. The Morgan fingerprint density at radius 1 is 1.33 bits per heavy atom. The first-order chi connectivity index (χ1) is 10.2. The fourth-order valence-corrected chi connectivity index (χ4v) is 4.25. The summed E-state index contributed by atoms with van der Waals surface area (Å²) in [5.74, 6) is 5.45. The number of thioether (sulfide) groups is 1. The quantitative estimate of drug-likeness (QED) is 0.667. The molecule has 2 unspecified atom stereocenters. The molecule has 0 spiro atoms. The van der Waals surface area contributed by atoms with Gasteiger partial charge in [0.05, 0.1) is 0 Å². The van der Waals surface area contributed by atoms with Gasteiger partial charge in [0.1, 0.15) is 5.82 Å². The molecule has 2 aromatic rings. The maximum absolute atomic E-state index is 13.4. The van der Waals surface area contributed by atoms with E-state index in [1.54, 1.807) is 6.07 Å². The van der Waals surface area contributed by atoms with Crippen LogP contribution in [0, 0.1) is 5.82 Å². The van der Waals surface area contributed by atoms with E-state index in [-0.39, 0.29) is 11.9 Å². The Kier molecular flexibility index (Phi) is 4.50. The highest BCUT2D eigenvalue weighted by Gasteiger charge is 2.29. The topological polar surface area (TPSA) is 38.0 Å². The van der Waals surface area contributed by atoms with Crippen LogP contribution in [-0.4, -0.2) is 11.3 Å². The molecule has 2 atom stereocenters. The standard InChI is InChI=1S/C16H16ClFN2S/c17-13-6-5-12(18)7-11(13)8-14(20-19)16-9-10-3-1-2-4-15(10)21-16/h1-7,14,16,20H,8-9,19H2. The summed E-state index contributed by atoms with van der Waals surface area (Å²) >= 11 is 7.97. The lowest BCUT2D eigenvalue weighted by Crippen LogP contribution is -2.44. The van der Waals surface area contributed by atoms with Crippen LogP contribution < -0.4 is 11.3 Å². The molecule has 0 bridgehead atoms. The van der Waals surface area contributed by atoms with Crippen LogP contribution in [0.1, 0.15) is 11.1 Å². The summed E-state index contributed by atoms with van der Waals surface area (Å²) in [4.78, 5) is 1.30.